The summed E-state index contributed by atoms with van der Waals surface area (Å²) in [5.74, 6) is -1.09. The molecule has 0 aromatic carbocycles. The van der Waals surface area contributed by atoms with Gasteiger partial charge in [-0.15, -0.1) is 0 Å². The highest BCUT2D eigenvalue weighted by atomic mass is 16.2. The monoisotopic (exact) mass is 286 g/mol. The molecule has 0 spiro atoms. The smallest absolute Gasteiger partial charge is 0.309 e. The van der Waals surface area contributed by atoms with Gasteiger partial charge in [0.25, 0.3) is 0 Å². The van der Waals surface area contributed by atoms with Crippen molar-refractivity contribution in [3.8, 4) is 0 Å². The number of nitrogens with one attached hydrogen (secondary N) is 2. The van der Waals surface area contributed by atoms with Crippen molar-refractivity contribution in [2.45, 2.75) is 27.7 Å². The molecule has 6 heteroatoms. The summed E-state index contributed by atoms with van der Waals surface area (Å²) in [4.78, 5) is 27.5. The van der Waals surface area contributed by atoms with Crippen LogP contribution in [-0.2, 0) is 9.59 Å². The first kappa shape index (κ1) is 18.9. The van der Waals surface area contributed by atoms with Gasteiger partial charge in [0.05, 0.1) is 0 Å². The zero-order valence-corrected chi connectivity index (χ0v) is 13.4. The molecule has 0 fully saturated rings. The maximum absolute atomic E-state index is 11.6. The van der Waals surface area contributed by atoms with Gasteiger partial charge in [0.15, 0.2) is 0 Å². The predicted octanol–water partition coefficient (Wildman–Crippen LogP) is -0.0976. The Morgan fingerprint density at radius 2 is 1.00 bits per heavy atom. The zero-order chi connectivity index (χ0) is 15.4. The van der Waals surface area contributed by atoms with E-state index in [1.807, 2.05) is 0 Å². The molecule has 6 nitrogen and oxygen atoms in total. The fraction of sp³-hybridized carbons (Fsp3) is 0.857. The van der Waals surface area contributed by atoms with Crippen molar-refractivity contribution in [3.05, 3.63) is 0 Å². The minimum Gasteiger partial charge on any atom is -0.347 e. The molecule has 0 bridgehead atoms. The lowest BCUT2D eigenvalue weighted by molar-refractivity contribution is -0.139. The van der Waals surface area contributed by atoms with E-state index in [9.17, 15) is 9.59 Å². The lowest BCUT2D eigenvalue weighted by Gasteiger charge is -2.18. The fourth-order valence-corrected chi connectivity index (χ4v) is 1.90. The van der Waals surface area contributed by atoms with E-state index in [0.29, 0.717) is 13.1 Å². The topological polar surface area (TPSA) is 64.7 Å². The summed E-state index contributed by atoms with van der Waals surface area (Å²) in [6.07, 6.45) is 0. The molecule has 0 aliphatic carbocycles. The molecule has 0 unspecified atom stereocenters. The molecular formula is C14H30N4O2. The summed E-state index contributed by atoms with van der Waals surface area (Å²) < 4.78 is 0. The molecule has 0 saturated heterocycles. The summed E-state index contributed by atoms with van der Waals surface area (Å²) in [6.45, 7) is 14.6. The number of likely N-dealkylation sites (N-methyl/N-ethyl adjacent to an activating group) is 2. The van der Waals surface area contributed by atoms with Crippen LogP contribution in [0, 0.1) is 0 Å². The second-order valence-electron chi connectivity index (χ2n) is 4.57. The van der Waals surface area contributed by atoms with Gasteiger partial charge >= 0.3 is 11.8 Å². The van der Waals surface area contributed by atoms with Crippen LogP contribution in [0.3, 0.4) is 0 Å². The van der Waals surface area contributed by atoms with Crippen molar-refractivity contribution < 1.29 is 9.59 Å². The molecule has 0 radical (unpaired) electrons. The zero-order valence-electron chi connectivity index (χ0n) is 13.4. The summed E-state index contributed by atoms with van der Waals surface area (Å²) >= 11 is 0. The molecule has 0 aromatic heterocycles. The third-order valence-electron chi connectivity index (χ3n) is 3.42. The van der Waals surface area contributed by atoms with Crippen molar-refractivity contribution in [1.82, 2.24) is 20.4 Å². The molecule has 0 aliphatic rings. The first-order chi connectivity index (χ1) is 9.58. The quantitative estimate of drug-likeness (QED) is 0.551. The van der Waals surface area contributed by atoms with Crippen LogP contribution in [0.4, 0.5) is 0 Å². The van der Waals surface area contributed by atoms with Gasteiger partial charge in [-0.25, -0.2) is 0 Å². The summed E-state index contributed by atoms with van der Waals surface area (Å²) in [7, 11) is 0. The molecule has 0 saturated carbocycles. The molecule has 2 amide bonds. The minimum absolute atomic E-state index is 0.504. The maximum atomic E-state index is 11.6. The predicted molar refractivity (Wildman–Crippen MR) is 81.6 cm³/mol. The Balaban J connectivity index is 3.79. The summed E-state index contributed by atoms with van der Waals surface area (Å²) in [5.41, 5.74) is 0. The Labute approximate surface area is 122 Å². The molecule has 0 rings (SSSR count). The highest BCUT2D eigenvalue weighted by Gasteiger charge is 2.12. The van der Waals surface area contributed by atoms with Gasteiger partial charge in [-0.2, -0.15) is 0 Å². The molecule has 0 atom stereocenters. The van der Waals surface area contributed by atoms with Gasteiger partial charge in [0.1, 0.15) is 0 Å². The van der Waals surface area contributed by atoms with Crippen LogP contribution >= 0.6 is 0 Å². The number of amides is 2. The summed E-state index contributed by atoms with van der Waals surface area (Å²) in [5, 5.41) is 5.28. The maximum Gasteiger partial charge on any atom is 0.309 e. The SMILES string of the molecule is CCN(CC)CCNC(=O)C(=O)NCCN(CC)CC. The average Bonchev–Trinajstić information content (AvgIpc) is 2.47. The Morgan fingerprint density at radius 3 is 1.25 bits per heavy atom. The van der Waals surface area contributed by atoms with Gasteiger partial charge < -0.3 is 20.4 Å². The summed E-state index contributed by atoms with van der Waals surface area (Å²) in [6, 6.07) is 0. The van der Waals surface area contributed by atoms with E-state index in [1.54, 1.807) is 0 Å². The average molecular weight is 286 g/mol. The Morgan fingerprint density at radius 1 is 0.700 bits per heavy atom. The molecule has 0 aliphatic heterocycles. The van der Waals surface area contributed by atoms with Crippen LogP contribution in [0.2, 0.25) is 0 Å². The first-order valence-corrected chi connectivity index (χ1v) is 7.59. The van der Waals surface area contributed by atoms with E-state index in [4.69, 9.17) is 0 Å². The van der Waals surface area contributed by atoms with Gasteiger partial charge in [-0.1, -0.05) is 27.7 Å². The second kappa shape index (κ2) is 11.7. The lowest BCUT2D eigenvalue weighted by atomic mass is 10.4. The number of carbonyl (C=O) groups excluding carboxylic acids is 2. The number of nitrogens with zero attached hydrogens (tertiary/aromatic N) is 2. The lowest BCUT2D eigenvalue weighted by Crippen LogP contribution is -2.44. The fourth-order valence-electron chi connectivity index (χ4n) is 1.90. The largest absolute Gasteiger partial charge is 0.347 e. The van der Waals surface area contributed by atoms with Gasteiger partial charge in [0, 0.05) is 26.2 Å². The van der Waals surface area contributed by atoms with E-state index >= 15 is 0 Å². The first-order valence-electron chi connectivity index (χ1n) is 7.59. The molecule has 0 heterocycles. The van der Waals surface area contributed by atoms with Crippen molar-refractivity contribution in [3.63, 3.8) is 0 Å². The van der Waals surface area contributed by atoms with Crippen LogP contribution in [0.5, 0.6) is 0 Å². The third-order valence-corrected chi connectivity index (χ3v) is 3.42. The molecule has 20 heavy (non-hydrogen) atoms. The van der Waals surface area contributed by atoms with Crippen LogP contribution < -0.4 is 10.6 Å². The number of carbonyl (C=O) groups is 2. The normalized spacial score (nSPS) is 10.9. The molecule has 2 N–H and O–H groups in total. The second-order valence-corrected chi connectivity index (χ2v) is 4.57. The van der Waals surface area contributed by atoms with E-state index in [-0.39, 0.29) is 0 Å². The van der Waals surface area contributed by atoms with E-state index in [1.165, 1.54) is 0 Å². The highest BCUT2D eigenvalue weighted by Crippen LogP contribution is 1.85. The molecular weight excluding hydrogens is 256 g/mol. The van der Waals surface area contributed by atoms with Crippen LogP contribution in [0.1, 0.15) is 27.7 Å². The van der Waals surface area contributed by atoms with Crippen molar-refractivity contribution in [1.29, 1.82) is 0 Å². The van der Waals surface area contributed by atoms with Gasteiger partial charge in [-0.05, 0) is 26.2 Å². The van der Waals surface area contributed by atoms with Crippen molar-refractivity contribution >= 4 is 11.8 Å². The minimum atomic E-state index is -0.545. The van der Waals surface area contributed by atoms with Crippen LogP contribution in [0.15, 0.2) is 0 Å². The molecule has 0 aromatic rings. The van der Waals surface area contributed by atoms with E-state index in [2.05, 4.69) is 48.1 Å². The van der Waals surface area contributed by atoms with Crippen LogP contribution in [0.25, 0.3) is 0 Å². The van der Waals surface area contributed by atoms with E-state index in [0.717, 1.165) is 39.3 Å². The molecule has 118 valence electrons. The van der Waals surface area contributed by atoms with Crippen molar-refractivity contribution in [2.75, 3.05) is 52.4 Å². The van der Waals surface area contributed by atoms with Crippen molar-refractivity contribution in [2.24, 2.45) is 0 Å². The highest BCUT2D eigenvalue weighted by molar-refractivity contribution is 6.35. The number of hydrogen-bond donors (Lipinski definition) is 2. The number of hydrogen-bond acceptors (Lipinski definition) is 4. The Kier molecular flexibility index (Phi) is 11.0. The Bertz CT molecular complexity index is 248. The standard InChI is InChI=1S/C14H30N4O2/c1-5-17(6-2)11-9-15-13(19)14(20)16-10-12-18(7-3)8-4/h5-12H2,1-4H3,(H,15,19)(H,16,20). The number of rotatable bonds is 10. The van der Waals surface area contributed by atoms with Crippen LogP contribution in [-0.4, -0.2) is 74.0 Å². The van der Waals surface area contributed by atoms with Gasteiger partial charge in [-0.3, -0.25) is 9.59 Å². The Hall–Kier alpha value is -1.14. The van der Waals surface area contributed by atoms with Gasteiger partial charge in [0.2, 0.25) is 0 Å². The van der Waals surface area contributed by atoms with E-state index < -0.39 is 11.8 Å². The third kappa shape index (κ3) is 8.12.